The van der Waals surface area contributed by atoms with E-state index in [0.29, 0.717) is 0 Å². The molecule has 3 rings (SSSR count). The van der Waals surface area contributed by atoms with Gasteiger partial charge in [0.25, 0.3) is 15.9 Å². The maximum absolute atomic E-state index is 12.8. The molecule has 1 aromatic carbocycles. The molecule has 4 N–H and O–H groups in total. The van der Waals surface area contributed by atoms with E-state index in [1.54, 1.807) is 7.05 Å². The predicted octanol–water partition coefficient (Wildman–Crippen LogP) is 0.431. The average Bonchev–Trinajstić information content (AvgIpc) is 3.27. The molecule has 2 heterocycles. The van der Waals surface area contributed by atoms with Gasteiger partial charge in [-0.1, -0.05) is 11.6 Å². The molecule has 0 fully saturated rings. The van der Waals surface area contributed by atoms with E-state index < -0.39 is 39.0 Å². The molecule has 0 saturated heterocycles. The Hall–Kier alpha value is -3.17. The van der Waals surface area contributed by atoms with E-state index in [1.165, 1.54) is 22.9 Å². The Morgan fingerprint density at radius 2 is 2.07 bits per heavy atom. The van der Waals surface area contributed by atoms with Gasteiger partial charge in [0.15, 0.2) is 5.75 Å². The highest BCUT2D eigenvalue weighted by atomic mass is 35.5. The van der Waals surface area contributed by atoms with Crippen LogP contribution < -0.4 is 25.8 Å². The second kappa shape index (κ2) is 8.29. The van der Waals surface area contributed by atoms with E-state index in [2.05, 4.69) is 36.0 Å². The van der Waals surface area contributed by atoms with Gasteiger partial charge in [0, 0.05) is 20.3 Å². The Morgan fingerprint density at radius 3 is 2.63 bits per heavy atom. The summed E-state index contributed by atoms with van der Waals surface area (Å²) in [6.07, 6.45) is 2.24. The van der Waals surface area contributed by atoms with Crippen LogP contribution in [-0.2, 0) is 17.1 Å². The number of carbonyl (C=O) groups is 1. The number of ether oxygens (including phenoxy) is 1. The number of hydrogen-bond acceptors (Lipinski definition) is 9. The van der Waals surface area contributed by atoms with Crippen LogP contribution in [0.25, 0.3) is 0 Å². The molecule has 2 aromatic rings. The SMILES string of the molecule is CN1NNN=C1NC(=O)c1ccc(OC(F)F)c(NS(=O)(=O)c2cnn(C)c2)c1Cl. The van der Waals surface area contributed by atoms with Crippen LogP contribution in [0, 0.1) is 0 Å². The van der Waals surface area contributed by atoms with Crippen molar-refractivity contribution in [2.45, 2.75) is 11.5 Å². The number of halogens is 3. The number of carbonyl (C=O) groups excluding carboxylic acids is 1. The van der Waals surface area contributed by atoms with Gasteiger partial charge in [-0.05, 0) is 12.1 Å². The minimum atomic E-state index is -4.27. The van der Waals surface area contributed by atoms with Crippen molar-refractivity contribution in [1.29, 1.82) is 0 Å². The molecular weight excluding hydrogens is 450 g/mol. The lowest BCUT2D eigenvalue weighted by Gasteiger charge is -2.17. The van der Waals surface area contributed by atoms with Crippen LogP contribution >= 0.6 is 11.6 Å². The number of alkyl halides is 2. The topological polar surface area (TPSA) is 142 Å². The lowest BCUT2D eigenvalue weighted by atomic mass is 10.1. The lowest BCUT2D eigenvalue weighted by Crippen LogP contribution is -2.45. The number of anilines is 1. The first kappa shape index (κ1) is 21.5. The molecular formula is C14H15ClF2N8O4S. The highest BCUT2D eigenvalue weighted by molar-refractivity contribution is 7.92. The number of sulfonamides is 1. The number of aryl methyl sites for hydroxylation is 1. The summed E-state index contributed by atoms with van der Waals surface area (Å²) in [6, 6.07) is 2.10. The fraction of sp³-hybridized carbons (Fsp3) is 0.214. The normalized spacial score (nSPS) is 13.8. The Balaban J connectivity index is 1.98. The van der Waals surface area contributed by atoms with E-state index in [1.807, 2.05) is 0 Å². The summed E-state index contributed by atoms with van der Waals surface area (Å²) in [5, 5.41) is 10.8. The standard InChI is InChI=1S/C14H15ClF2N8O4S/c1-24-6-7(5-18-24)30(27,28)21-11-9(29-13(16)17)4-3-8(10(11)15)12(26)19-14-20-22-23-25(14)2/h3-6,13,21-23H,1-2H3,(H,19,20,26). The largest absolute Gasteiger partial charge is 0.433 e. The zero-order valence-corrected chi connectivity index (χ0v) is 16.9. The minimum absolute atomic E-state index is 0.0847. The van der Waals surface area contributed by atoms with Gasteiger partial charge in [-0.2, -0.15) is 13.9 Å². The molecule has 16 heteroatoms. The Bertz CT molecular complexity index is 1110. The third-order valence-corrected chi connectivity index (χ3v) is 5.41. The fourth-order valence-corrected chi connectivity index (χ4v) is 3.73. The van der Waals surface area contributed by atoms with Gasteiger partial charge in [0.05, 0.1) is 16.8 Å². The molecule has 1 aliphatic rings. The molecule has 0 radical (unpaired) electrons. The highest BCUT2D eigenvalue weighted by Gasteiger charge is 2.26. The number of hydrazone groups is 1. The van der Waals surface area contributed by atoms with Crippen molar-refractivity contribution in [1.82, 2.24) is 31.2 Å². The van der Waals surface area contributed by atoms with Crippen LogP contribution in [0.1, 0.15) is 10.4 Å². The number of rotatable bonds is 6. The van der Waals surface area contributed by atoms with Gasteiger partial charge in [-0.25, -0.2) is 14.0 Å². The molecule has 0 saturated carbocycles. The van der Waals surface area contributed by atoms with Crippen LogP contribution in [0.3, 0.4) is 0 Å². The van der Waals surface area contributed by atoms with Crippen LogP contribution in [0.15, 0.2) is 34.5 Å². The summed E-state index contributed by atoms with van der Waals surface area (Å²) in [4.78, 5) is 12.3. The molecule has 0 spiro atoms. The van der Waals surface area contributed by atoms with Crippen molar-refractivity contribution < 1.29 is 26.7 Å². The number of aromatic nitrogens is 2. The van der Waals surface area contributed by atoms with Crippen molar-refractivity contribution in [3.8, 4) is 5.75 Å². The van der Waals surface area contributed by atoms with Crippen LogP contribution in [0.5, 0.6) is 5.75 Å². The number of hydrazine groups is 2. The molecule has 0 atom stereocenters. The van der Waals surface area contributed by atoms with E-state index in [0.717, 1.165) is 18.3 Å². The first-order valence-electron chi connectivity index (χ1n) is 8.00. The molecule has 0 bridgehead atoms. The smallest absolute Gasteiger partial charge is 0.387 e. The summed E-state index contributed by atoms with van der Waals surface area (Å²) in [7, 11) is -1.23. The summed E-state index contributed by atoms with van der Waals surface area (Å²) >= 11 is 6.19. The molecule has 30 heavy (non-hydrogen) atoms. The zero-order valence-electron chi connectivity index (χ0n) is 15.4. The number of nitrogens with zero attached hydrogens (tertiary/aromatic N) is 4. The zero-order chi connectivity index (χ0) is 22.1. The van der Waals surface area contributed by atoms with Gasteiger partial charge in [-0.3, -0.25) is 24.5 Å². The first-order chi connectivity index (χ1) is 14.1. The Morgan fingerprint density at radius 1 is 1.33 bits per heavy atom. The molecule has 0 unspecified atom stereocenters. The van der Waals surface area contributed by atoms with E-state index >= 15 is 0 Å². The van der Waals surface area contributed by atoms with Gasteiger partial charge in [0.2, 0.25) is 5.96 Å². The van der Waals surface area contributed by atoms with Gasteiger partial charge >= 0.3 is 6.61 Å². The molecule has 0 aliphatic carbocycles. The predicted molar refractivity (Wildman–Crippen MR) is 101 cm³/mol. The Kier molecular flexibility index (Phi) is 5.95. The lowest BCUT2D eigenvalue weighted by molar-refractivity contribution is -0.0493. The quantitative estimate of drug-likeness (QED) is 0.482. The second-order valence-electron chi connectivity index (χ2n) is 5.81. The van der Waals surface area contributed by atoms with Gasteiger partial charge < -0.3 is 4.74 Å². The molecule has 12 nitrogen and oxygen atoms in total. The van der Waals surface area contributed by atoms with Crippen molar-refractivity contribution in [2.75, 3.05) is 11.8 Å². The number of nitrogens with one attached hydrogen (secondary N) is 4. The van der Waals surface area contributed by atoms with Gasteiger partial charge in [-0.15, -0.1) is 10.6 Å². The number of benzene rings is 1. The van der Waals surface area contributed by atoms with Crippen molar-refractivity contribution in [3.63, 3.8) is 0 Å². The third kappa shape index (κ3) is 4.52. The molecule has 1 amide bonds. The maximum Gasteiger partial charge on any atom is 0.387 e. The summed E-state index contributed by atoms with van der Waals surface area (Å²) in [5.74, 6) is -1.26. The third-order valence-electron chi connectivity index (χ3n) is 3.71. The average molecular weight is 465 g/mol. The van der Waals surface area contributed by atoms with Crippen molar-refractivity contribution >= 4 is 39.2 Å². The highest BCUT2D eigenvalue weighted by Crippen LogP contribution is 2.37. The summed E-state index contributed by atoms with van der Waals surface area (Å²) in [6.45, 7) is -3.26. The van der Waals surface area contributed by atoms with Crippen molar-refractivity contribution in [2.24, 2.45) is 12.1 Å². The number of hydrogen-bond donors (Lipinski definition) is 4. The maximum atomic E-state index is 12.8. The minimum Gasteiger partial charge on any atom is -0.433 e. The van der Waals surface area contributed by atoms with Crippen LogP contribution in [0.4, 0.5) is 14.5 Å². The van der Waals surface area contributed by atoms with E-state index in [9.17, 15) is 22.0 Å². The van der Waals surface area contributed by atoms with E-state index in [-0.39, 0.29) is 16.4 Å². The monoisotopic (exact) mass is 464 g/mol. The van der Waals surface area contributed by atoms with E-state index in [4.69, 9.17) is 11.6 Å². The number of guanidine groups is 1. The second-order valence-corrected chi connectivity index (χ2v) is 7.87. The number of amides is 1. The summed E-state index contributed by atoms with van der Waals surface area (Å²) in [5.41, 5.74) is 4.21. The van der Waals surface area contributed by atoms with Crippen LogP contribution in [0.2, 0.25) is 5.02 Å². The summed E-state index contributed by atoms with van der Waals surface area (Å²) < 4.78 is 58.4. The van der Waals surface area contributed by atoms with Gasteiger partial charge in [0.1, 0.15) is 10.6 Å². The molecule has 1 aliphatic heterocycles. The van der Waals surface area contributed by atoms with Crippen LogP contribution in [-0.4, -0.2) is 48.7 Å². The van der Waals surface area contributed by atoms with Crippen molar-refractivity contribution in [3.05, 3.63) is 35.1 Å². The first-order valence-corrected chi connectivity index (χ1v) is 9.87. The molecule has 162 valence electrons. The Labute approximate surface area is 173 Å². The molecule has 1 aromatic heterocycles. The fourth-order valence-electron chi connectivity index (χ4n) is 2.32.